The number of nitrogens with zero attached hydrogens (tertiary/aromatic N) is 4. The summed E-state index contributed by atoms with van der Waals surface area (Å²) in [6, 6.07) is 4.21. The van der Waals surface area contributed by atoms with Gasteiger partial charge in [0, 0.05) is 24.4 Å². The van der Waals surface area contributed by atoms with Crippen LogP contribution in [0.15, 0.2) is 28.5 Å². The van der Waals surface area contributed by atoms with Crippen molar-refractivity contribution in [3.05, 3.63) is 29.6 Å². The molecule has 11 heteroatoms. The predicted octanol–water partition coefficient (Wildman–Crippen LogP) is 2.91. The Labute approximate surface area is 192 Å². The molecule has 9 nitrogen and oxygen atoms in total. The molecule has 0 fully saturated rings. The van der Waals surface area contributed by atoms with Gasteiger partial charge in [0.15, 0.2) is 22.1 Å². The fraction of sp³-hybridized carbons (Fsp3) is 0.476. The maximum Gasteiger partial charge on any atom is 0.216 e. The van der Waals surface area contributed by atoms with Gasteiger partial charge in [-0.1, -0.05) is 17.8 Å². The Bertz CT molecular complexity index is 1260. The summed E-state index contributed by atoms with van der Waals surface area (Å²) in [5, 5.41) is 0.729. The van der Waals surface area contributed by atoms with E-state index < -0.39 is 14.8 Å². The van der Waals surface area contributed by atoms with Crippen LogP contribution >= 0.6 is 11.8 Å². The van der Waals surface area contributed by atoms with E-state index in [4.69, 9.17) is 15.5 Å². The highest BCUT2D eigenvalue weighted by molar-refractivity contribution is 7.99. The van der Waals surface area contributed by atoms with Gasteiger partial charge in [-0.15, -0.1) is 0 Å². The summed E-state index contributed by atoms with van der Waals surface area (Å²) < 4.78 is 34.2. The maximum absolute atomic E-state index is 12.3. The van der Waals surface area contributed by atoms with Crippen LogP contribution in [0.4, 0.5) is 5.82 Å². The highest BCUT2D eigenvalue weighted by Gasteiger charge is 2.28. The number of benzene rings is 1. The summed E-state index contributed by atoms with van der Waals surface area (Å²) in [4.78, 5) is 14.2. The highest BCUT2D eigenvalue weighted by Crippen LogP contribution is 2.38. The van der Waals surface area contributed by atoms with Crippen LogP contribution in [0.25, 0.3) is 11.2 Å². The number of rotatable bonds is 7. The Hall–Kier alpha value is -2.37. The van der Waals surface area contributed by atoms with Crippen LogP contribution < -0.4 is 15.2 Å². The minimum absolute atomic E-state index is 0.315. The normalized spacial score (nSPS) is 14.0. The minimum Gasteiger partial charge on any atom is -0.493 e. The fourth-order valence-corrected chi connectivity index (χ4v) is 5.27. The first-order chi connectivity index (χ1) is 15.1. The van der Waals surface area contributed by atoms with Crippen LogP contribution in [0, 0.1) is 6.92 Å². The summed E-state index contributed by atoms with van der Waals surface area (Å²) in [5.74, 6) is 1.23. The first-order valence-corrected chi connectivity index (χ1v) is 12.8. The van der Waals surface area contributed by atoms with Crippen LogP contribution in [-0.2, 0) is 23.0 Å². The second-order valence-corrected chi connectivity index (χ2v) is 12.3. The third-order valence-electron chi connectivity index (χ3n) is 5.37. The Balaban J connectivity index is 1.59. The summed E-state index contributed by atoms with van der Waals surface area (Å²) in [5.41, 5.74) is 9.59. The average molecular weight is 477 g/mol. The van der Waals surface area contributed by atoms with E-state index in [1.54, 1.807) is 20.8 Å². The quantitative estimate of drug-likeness (QED) is 0.499. The number of ether oxygens (including phenoxy) is 1. The standard InChI is InChI=1S/C21H28N6O3S2/c1-13-10-14-6-9-30-15(14)11-16(13)31-20-26-17-18(22)23-12-24-19(17)27(20)8-5-7-25-32(28,29)21(2,3)4/h10-12,25H,5-9H2,1-4H3,(H2,22,23,24). The monoisotopic (exact) mass is 476 g/mol. The van der Waals surface area contributed by atoms with E-state index in [1.807, 2.05) is 4.57 Å². The van der Waals surface area contributed by atoms with Crippen molar-refractivity contribution in [3.63, 3.8) is 0 Å². The largest absolute Gasteiger partial charge is 0.493 e. The molecule has 0 saturated heterocycles. The summed E-state index contributed by atoms with van der Waals surface area (Å²) >= 11 is 1.52. The average Bonchev–Trinajstić information content (AvgIpc) is 3.29. The van der Waals surface area contributed by atoms with E-state index in [2.05, 4.69) is 33.7 Å². The van der Waals surface area contributed by atoms with E-state index in [9.17, 15) is 8.42 Å². The van der Waals surface area contributed by atoms with Gasteiger partial charge in [-0.05, 0) is 51.3 Å². The summed E-state index contributed by atoms with van der Waals surface area (Å²) in [6.45, 7) is 8.65. The number of aromatic nitrogens is 4. The zero-order valence-electron chi connectivity index (χ0n) is 18.7. The molecule has 0 amide bonds. The Morgan fingerprint density at radius 2 is 2.06 bits per heavy atom. The molecule has 1 aliphatic rings. The van der Waals surface area contributed by atoms with E-state index in [0.717, 1.165) is 27.8 Å². The van der Waals surface area contributed by atoms with Crippen LogP contribution in [0.3, 0.4) is 0 Å². The van der Waals surface area contributed by atoms with Crippen LogP contribution in [0.2, 0.25) is 0 Å². The molecule has 32 heavy (non-hydrogen) atoms. The number of imidazole rings is 1. The van der Waals surface area contributed by atoms with Gasteiger partial charge in [-0.25, -0.2) is 28.1 Å². The van der Waals surface area contributed by atoms with Crippen molar-refractivity contribution < 1.29 is 13.2 Å². The third-order valence-corrected chi connectivity index (χ3v) is 8.72. The molecule has 0 spiro atoms. The molecule has 1 aliphatic heterocycles. The zero-order chi connectivity index (χ0) is 23.1. The van der Waals surface area contributed by atoms with E-state index in [0.29, 0.717) is 43.1 Å². The van der Waals surface area contributed by atoms with Crippen LogP contribution in [0.5, 0.6) is 5.75 Å². The molecule has 1 aromatic carbocycles. The van der Waals surface area contributed by atoms with Gasteiger partial charge in [0.05, 0.1) is 11.4 Å². The predicted molar refractivity (Wildman–Crippen MR) is 126 cm³/mol. The SMILES string of the molecule is Cc1cc2c(cc1Sc1nc3c(N)ncnc3n1CCCNS(=O)(=O)C(C)(C)C)OCC2. The molecule has 0 bridgehead atoms. The number of nitrogens with one attached hydrogen (secondary N) is 1. The van der Waals surface area contributed by atoms with E-state index >= 15 is 0 Å². The molecular formula is C21H28N6O3S2. The number of sulfonamides is 1. The molecule has 0 aliphatic carbocycles. The van der Waals surface area contributed by atoms with Crippen molar-refractivity contribution >= 4 is 38.8 Å². The number of anilines is 1. The Morgan fingerprint density at radius 3 is 2.81 bits per heavy atom. The van der Waals surface area contributed by atoms with E-state index in [1.165, 1.54) is 23.7 Å². The number of hydrogen-bond donors (Lipinski definition) is 2. The molecular weight excluding hydrogens is 448 g/mol. The molecule has 0 radical (unpaired) electrons. The Kier molecular flexibility index (Phi) is 6.08. The van der Waals surface area contributed by atoms with Crippen molar-refractivity contribution in [1.29, 1.82) is 0 Å². The molecule has 4 rings (SSSR count). The van der Waals surface area contributed by atoms with Crippen molar-refractivity contribution in [2.24, 2.45) is 0 Å². The number of aryl methyl sites for hydroxylation is 2. The van der Waals surface area contributed by atoms with Gasteiger partial charge in [0.1, 0.15) is 12.1 Å². The van der Waals surface area contributed by atoms with Gasteiger partial charge in [0.2, 0.25) is 10.0 Å². The number of nitrogen functional groups attached to an aromatic ring is 1. The molecule has 0 saturated carbocycles. The topological polar surface area (TPSA) is 125 Å². The maximum atomic E-state index is 12.3. The third kappa shape index (κ3) is 4.41. The second kappa shape index (κ2) is 8.53. The number of hydrogen-bond acceptors (Lipinski definition) is 8. The molecule has 3 heterocycles. The van der Waals surface area contributed by atoms with Crippen molar-refractivity contribution in [2.75, 3.05) is 18.9 Å². The smallest absolute Gasteiger partial charge is 0.216 e. The first kappa shape index (κ1) is 22.8. The van der Waals surface area contributed by atoms with Crippen LogP contribution in [-0.4, -0.2) is 45.8 Å². The van der Waals surface area contributed by atoms with E-state index in [-0.39, 0.29) is 0 Å². The van der Waals surface area contributed by atoms with Gasteiger partial charge < -0.3 is 15.0 Å². The molecule has 3 N–H and O–H groups in total. The van der Waals surface area contributed by atoms with Crippen molar-refractivity contribution in [1.82, 2.24) is 24.2 Å². The van der Waals surface area contributed by atoms with Gasteiger partial charge in [-0.2, -0.15) is 0 Å². The zero-order valence-corrected chi connectivity index (χ0v) is 20.3. The van der Waals surface area contributed by atoms with Crippen molar-refractivity contribution in [2.45, 2.75) is 61.9 Å². The molecule has 2 aromatic heterocycles. The molecule has 0 unspecified atom stereocenters. The highest BCUT2D eigenvalue weighted by atomic mass is 32.2. The summed E-state index contributed by atoms with van der Waals surface area (Å²) in [6.07, 6.45) is 2.92. The number of nitrogens with two attached hydrogens (primary N) is 1. The summed E-state index contributed by atoms with van der Waals surface area (Å²) in [7, 11) is -3.40. The lowest BCUT2D eigenvalue weighted by molar-refractivity contribution is 0.356. The molecule has 0 atom stereocenters. The van der Waals surface area contributed by atoms with Gasteiger partial charge in [-0.3, -0.25) is 0 Å². The number of fused-ring (bicyclic) bond motifs is 2. The minimum atomic E-state index is -3.40. The molecule has 172 valence electrons. The van der Waals surface area contributed by atoms with Gasteiger partial charge >= 0.3 is 0 Å². The van der Waals surface area contributed by atoms with Crippen molar-refractivity contribution in [3.8, 4) is 5.75 Å². The first-order valence-electron chi connectivity index (χ1n) is 10.5. The van der Waals surface area contributed by atoms with Crippen LogP contribution in [0.1, 0.15) is 38.3 Å². The second-order valence-electron chi connectivity index (χ2n) is 8.77. The fourth-order valence-electron chi connectivity index (χ4n) is 3.41. The van der Waals surface area contributed by atoms with Gasteiger partial charge in [0.25, 0.3) is 0 Å². The lowest BCUT2D eigenvalue weighted by Gasteiger charge is -2.19. The Morgan fingerprint density at radius 1 is 1.28 bits per heavy atom. The lowest BCUT2D eigenvalue weighted by Crippen LogP contribution is -2.39. The molecule has 3 aromatic rings. The lowest BCUT2D eigenvalue weighted by atomic mass is 10.1.